The molecule has 0 bridgehead atoms. The van der Waals surface area contributed by atoms with E-state index in [0.29, 0.717) is 5.56 Å². The van der Waals surface area contributed by atoms with Crippen molar-refractivity contribution in [3.8, 4) is 28.5 Å². The van der Waals surface area contributed by atoms with Crippen LogP contribution in [0, 0.1) is 18.3 Å². The molecule has 0 fully saturated rings. The molecule has 0 N–H and O–H groups in total. The van der Waals surface area contributed by atoms with Crippen LogP contribution in [-0.4, -0.2) is 4.98 Å². The SMILES string of the molecule is Cc1ccc(CSc2nc(-c3ccccc3)cc(-c3ccc(C(C)(C)C)cc3)c2C#N)cc1. The molecule has 0 saturated carbocycles. The second-order valence-electron chi connectivity index (χ2n) is 9.31. The summed E-state index contributed by atoms with van der Waals surface area (Å²) in [5.41, 5.74) is 8.35. The van der Waals surface area contributed by atoms with E-state index in [9.17, 15) is 5.26 Å². The molecule has 4 rings (SSSR count). The molecule has 0 spiro atoms. The number of hydrogen-bond acceptors (Lipinski definition) is 3. The van der Waals surface area contributed by atoms with E-state index in [2.05, 4.69) is 100 Å². The Bertz CT molecular complexity index is 1280. The molecular weight excluding hydrogens is 420 g/mol. The van der Waals surface area contributed by atoms with Crippen molar-refractivity contribution in [1.82, 2.24) is 4.98 Å². The lowest BCUT2D eigenvalue weighted by Gasteiger charge is -2.19. The van der Waals surface area contributed by atoms with Gasteiger partial charge in [-0.1, -0.05) is 105 Å². The number of nitriles is 1. The molecule has 0 aliphatic heterocycles. The maximum Gasteiger partial charge on any atom is 0.115 e. The second kappa shape index (κ2) is 9.65. The normalized spacial score (nSPS) is 11.2. The monoisotopic (exact) mass is 448 g/mol. The molecule has 0 aliphatic rings. The highest BCUT2D eigenvalue weighted by molar-refractivity contribution is 7.98. The number of pyridine rings is 1. The smallest absolute Gasteiger partial charge is 0.115 e. The third-order valence-corrected chi connectivity index (χ3v) is 6.77. The molecule has 33 heavy (non-hydrogen) atoms. The van der Waals surface area contributed by atoms with Crippen LogP contribution in [0.25, 0.3) is 22.4 Å². The van der Waals surface area contributed by atoms with E-state index in [0.717, 1.165) is 33.2 Å². The zero-order valence-electron chi connectivity index (χ0n) is 19.6. The van der Waals surface area contributed by atoms with E-state index in [-0.39, 0.29) is 5.41 Å². The van der Waals surface area contributed by atoms with Crippen molar-refractivity contribution in [2.45, 2.75) is 43.9 Å². The number of benzene rings is 3. The van der Waals surface area contributed by atoms with Gasteiger partial charge < -0.3 is 0 Å². The summed E-state index contributed by atoms with van der Waals surface area (Å²) in [5, 5.41) is 10.9. The lowest BCUT2D eigenvalue weighted by atomic mass is 9.86. The minimum atomic E-state index is 0.0824. The molecular formula is C30H28N2S. The van der Waals surface area contributed by atoms with Crippen LogP contribution < -0.4 is 0 Å². The Hall–Kier alpha value is -3.35. The lowest BCUT2D eigenvalue weighted by Crippen LogP contribution is -2.10. The molecule has 164 valence electrons. The standard InChI is InChI=1S/C30H28N2S/c1-21-10-12-22(13-11-21)20-33-29-27(19-31)26(18-28(32-29)24-8-6-5-7-9-24)23-14-16-25(17-15-23)30(2,3)4/h5-18H,20H2,1-4H3. The van der Waals surface area contributed by atoms with Gasteiger partial charge in [-0.25, -0.2) is 4.98 Å². The third kappa shape index (κ3) is 5.35. The first-order valence-corrected chi connectivity index (χ1v) is 12.1. The number of aryl methyl sites for hydroxylation is 1. The van der Waals surface area contributed by atoms with E-state index in [4.69, 9.17) is 4.98 Å². The minimum absolute atomic E-state index is 0.0824. The molecule has 1 aromatic heterocycles. The average Bonchev–Trinajstić information content (AvgIpc) is 2.83. The summed E-state index contributed by atoms with van der Waals surface area (Å²) in [6.45, 7) is 8.72. The quantitative estimate of drug-likeness (QED) is 0.289. The fourth-order valence-electron chi connectivity index (χ4n) is 3.70. The van der Waals surface area contributed by atoms with Gasteiger partial charge in [-0.15, -0.1) is 11.8 Å². The summed E-state index contributed by atoms with van der Waals surface area (Å²) >= 11 is 1.62. The summed E-state index contributed by atoms with van der Waals surface area (Å²) in [7, 11) is 0. The van der Waals surface area contributed by atoms with Crippen LogP contribution in [0.2, 0.25) is 0 Å². The van der Waals surface area contributed by atoms with Crippen molar-refractivity contribution in [2.75, 3.05) is 0 Å². The fourth-order valence-corrected chi connectivity index (χ4v) is 4.66. The minimum Gasteiger partial charge on any atom is -0.240 e. The summed E-state index contributed by atoms with van der Waals surface area (Å²) in [4.78, 5) is 4.93. The van der Waals surface area contributed by atoms with Gasteiger partial charge in [0.25, 0.3) is 0 Å². The van der Waals surface area contributed by atoms with Crippen LogP contribution >= 0.6 is 11.8 Å². The van der Waals surface area contributed by atoms with E-state index < -0.39 is 0 Å². The first kappa shape index (κ1) is 22.8. The topological polar surface area (TPSA) is 36.7 Å². The number of thioether (sulfide) groups is 1. The van der Waals surface area contributed by atoms with Crippen molar-refractivity contribution < 1.29 is 0 Å². The van der Waals surface area contributed by atoms with Gasteiger partial charge in [0.1, 0.15) is 11.1 Å². The molecule has 0 unspecified atom stereocenters. The van der Waals surface area contributed by atoms with Gasteiger partial charge in [-0.3, -0.25) is 0 Å². The molecule has 0 amide bonds. The average molecular weight is 449 g/mol. The number of hydrogen-bond donors (Lipinski definition) is 0. The predicted molar refractivity (Wildman–Crippen MR) is 139 cm³/mol. The Balaban J connectivity index is 1.80. The van der Waals surface area contributed by atoms with E-state index >= 15 is 0 Å². The van der Waals surface area contributed by atoms with Gasteiger partial charge in [0, 0.05) is 16.9 Å². The van der Waals surface area contributed by atoms with Crippen LogP contribution in [0.5, 0.6) is 0 Å². The molecule has 2 nitrogen and oxygen atoms in total. The molecule has 1 heterocycles. The molecule has 4 aromatic rings. The number of rotatable bonds is 5. The number of aromatic nitrogens is 1. The Morgan fingerprint density at radius 2 is 1.52 bits per heavy atom. The Morgan fingerprint density at radius 3 is 2.12 bits per heavy atom. The third-order valence-electron chi connectivity index (χ3n) is 5.73. The Morgan fingerprint density at radius 1 is 0.848 bits per heavy atom. The summed E-state index contributed by atoms with van der Waals surface area (Å²) in [6.07, 6.45) is 0. The highest BCUT2D eigenvalue weighted by atomic mass is 32.2. The first-order valence-electron chi connectivity index (χ1n) is 11.1. The van der Waals surface area contributed by atoms with Gasteiger partial charge in [-0.2, -0.15) is 5.26 Å². The molecule has 0 saturated heterocycles. The second-order valence-corrected chi connectivity index (χ2v) is 10.3. The predicted octanol–water partition coefficient (Wildman–Crippen LogP) is 8.19. The van der Waals surface area contributed by atoms with Crippen molar-refractivity contribution in [3.63, 3.8) is 0 Å². The Kier molecular flexibility index (Phi) is 6.67. The maximum atomic E-state index is 10.1. The zero-order valence-corrected chi connectivity index (χ0v) is 20.4. The van der Waals surface area contributed by atoms with Crippen molar-refractivity contribution in [3.05, 3.63) is 107 Å². The van der Waals surface area contributed by atoms with Crippen molar-refractivity contribution >= 4 is 11.8 Å². The summed E-state index contributed by atoms with van der Waals surface area (Å²) in [6, 6.07) is 31.8. The van der Waals surface area contributed by atoms with Crippen molar-refractivity contribution in [2.24, 2.45) is 0 Å². The highest BCUT2D eigenvalue weighted by Gasteiger charge is 2.18. The summed E-state index contributed by atoms with van der Waals surface area (Å²) < 4.78 is 0. The van der Waals surface area contributed by atoms with E-state index in [1.165, 1.54) is 16.7 Å². The van der Waals surface area contributed by atoms with Crippen LogP contribution in [-0.2, 0) is 11.2 Å². The van der Waals surface area contributed by atoms with Crippen LogP contribution in [0.4, 0.5) is 0 Å². The van der Waals surface area contributed by atoms with E-state index in [1.54, 1.807) is 11.8 Å². The largest absolute Gasteiger partial charge is 0.240 e. The number of nitrogens with zero attached hydrogens (tertiary/aromatic N) is 2. The highest BCUT2D eigenvalue weighted by Crippen LogP contribution is 2.36. The van der Waals surface area contributed by atoms with Gasteiger partial charge in [-0.05, 0) is 35.1 Å². The first-order chi connectivity index (χ1) is 15.8. The zero-order chi connectivity index (χ0) is 23.4. The van der Waals surface area contributed by atoms with Crippen molar-refractivity contribution in [1.29, 1.82) is 5.26 Å². The molecule has 0 aliphatic carbocycles. The van der Waals surface area contributed by atoms with Crippen LogP contribution in [0.3, 0.4) is 0 Å². The molecule has 3 heteroatoms. The molecule has 0 radical (unpaired) electrons. The lowest BCUT2D eigenvalue weighted by molar-refractivity contribution is 0.590. The van der Waals surface area contributed by atoms with Gasteiger partial charge in [0.2, 0.25) is 0 Å². The van der Waals surface area contributed by atoms with Crippen LogP contribution in [0.1, 0.15) is 43.0 Å². The summed E-state index contributed by atoms with van der Waals surface area (Å²) in [5.74, 6) is 0.766. The maximum absolute atomic E-state index is 10.1. The Labute approximate surface area is 201 Å². The van der Waals surface area contributed by atoms with Gasteiger partial charge >= 0.3 is 0 Å². The molecule has 3 aromatic carbocycles. The van der Waals surface area contributed by atoms with Gasteiger partial charge in [0.05, 0.1) is 11.3 Å². The molecule has 0 atom stereocenters. The fraction of sp³-hybridized carbons (Fsp3) is 0.200. The van der Waals surface area contributed by atoms with Crippen LogP contribution in [0.15, 0.2) is 90.0 Å². The van der Waals surface area contributed by atoms with Gasteiger partial charge in [0.15, 0.2) is 0 Å². The van der Waals surface area contributed by atoms with E-state index in [1.807, 2.05) is 18.2 Å².